The Morgan fingerprint density at radius 2 is 1.64 bits per heavy atom. The van der Waals surface area contributed by atoms with Crippen LogP contribution >= 0.6 is 0 Å². The summed E-state index contributed by atoms with van der Waals surface area (Å²) >= 11 is 0. The summed E-state index contributed by atoms with van der Waals surface area (Å²) in [5, 5.41) is 4.53. The summed E-state index contributed by atoms with van der Waals surface area (Å²) in [6, 6.07) is 13.3. The zero-order valence-corrected chi connectivity index (χ0v) is 19.2. The lowest BCUT2D eigenvalue weighted by Gasteiger charge is -2.18. The number of esters is 1. The van der Waals surface area contributed by atoms with Crippen LogP contribution in [0.15, 0.2) is 59.5 Å². The van der Waals surface area contributed by atoms with Crippen molar-refractivity contribution in [2.45, 2.75) is 31.3 Å². The van der Waals surface area contributed by atoms with Crippen LogP contribution < -0.4 is 20.1 Å². The van der Waals surface area contributed by atoms with E-state index in [4.69, 9.17) is 9.47 Å². The second-order valence-electron chi connectivity index (χ2n) is 6.68. The van der Waals surface area contributed by atoms with E-state index in [2.05, 4.69) is 15.4 Å². The Labute approximate surface area is 192 Å². The average Bonchev–Trinajstić information content (AvgIpc) is 2.78. The van der Waals surface area contributed by atoms with Gasteiger partial charge in [-0.1, -0.05) is 30.3 Å². The molecule has 1 atom stereocenters. The topological polar surface area (TPSA) is 140 Å². The van der Waals surface area contributed by atoms with E-state index < -0.39 is 34.0 Å². The summed E-state index contributed by atoms with van der Waals surface area (Å²) in [6.07, 6.45) is -1.70. The molecule has 0 bridgehead atoms. The third-order valence-corrected chi connectivity index (χ3v) is 5.71. The number of benzene rings is 2. The summed E-state index contributed by atoms with van der Waals surface area (Å²) in [7, 11) is -3.85. The number of hydrogen-bond acceptors (Lipinski definition) is 7. The smallest absolute Gasteiger partial charge is 0.321 e. The molecule has 0 fully saturated rings. The maximum Gasteiger partial charge on any atom is 0.321 e. The molecule has 10 nitrogen and oxygen atoms in total. The number of ether oxygens (including phenoxy) is 2. The third kappa shape index (κ3) is 8.20. The maximum atomic E-state index is 12.5. The van der Waals surface area contributed by atoms with Gasteiger partial charge in [0.25, 0.3) is 5.91 Å². The number of imide groups is 1. The second kappa shape index (κ2) is 12.6. The lowest BCUT2D eigenvalue weighted by Crippen LogP contribution is -2.42. The molecule has 0 radical (unpaired) electrons. The molecule has 178 valence electrons. The van der Waals surface area contributed by atoms with Crippen molar-refractivity contribution in [1.29, 1.82) is 0 Å². The molecule has 0 saturated carbocycles. The Morgan fingerprint density at radius 1 is 0.970 bits per heavy atom. The van der Waals surface area contributed by atoms with Crippen LogP contribution in [0.2, 0.25) is 0 Å². The van der Waals surface area contributed by atoms with Crippen molar-refractivity contribution in [2.75, 3.05) is 19.7 Å². The van der Waals surface area contributed by atoms with E-state index in [-0.39, 0.29) is 17.9 Å². The lowest BCUT2D eigenvalue weighted by molar-refractivity contribution is -0.156. The molecule has 0 aromatic heterocycles. The highest BCUT2D eigenvalue weighted by Gasteiger charge is 2.26. The molecule has 3 amide bonds. The van der Waals surface area contributed by atoms with Crippen molar-refractivity contribution in [3.63, 3.8) is 0 Å². The van der Waals surface area contributed by atoms with Gasteiger partial charge < -0.3 is 14.8 Å². The number of rotatable bonds is 11. The van der Waals surface area contributed by atoms with E-state index in [1.54, 1.807) is 37.3 Å². The maximum absolute atomic E-state index is 12.5. The average molecular weight is 478 g/mol. The largest absolute Gasteiger partial charge is 0.494 e. The first kappa shape index (κ1) is 25.8. The minimum Gasteiger partial charge on any atom is -0.494 e. The Morgan fingerprint density at radius 3 is 2.24 bits per heavy atom. The van der Waals surface area contributed by atoms with E-state index in [1.165, 1.54) is 24.3 Å². The monoisotopic (exact) mass is 477 g/mol. The Kier molecular flexibility index (Phi) is 9.83. The van der Waals surface area contributed by atoms with Crippen molar-refractivity contribution in [1.82, 2.24) is 15.4 Å². The second-order valence-corrected chi connectivity index (χ2v) is 8.45. The van der Waals surface area contributed by atoms with Crippen LogP contribution in [0.4, 0.5) is 4.79 Å². The van der Waals surface area contributed by atoms with Crippen molar-refractivity contribution in [2.24, 2.45) is 0 Å². The summed E-state index contributed by atoms with van der Waals surface area (Å²) in [4.78, 5) is 36.5. The number of carbonyl (C=O) groups is 3. The standard InChI is InChI=1S/C22H27N3O7S/c1-3-23-22(28)25-21(27)20(16-8-6-5-7-9-16)32-19(26)14-15-24-33(29,30)18-12-10-17(11-13-18)31-4-2/h5-13,20,24H,3-4,14-15H2,1-2H3,(H2,23,25,27,28). The van der Waals surface area contributed by atoms with Crippen molar-refractivity contribution in [3.8, 4) is 5.75 Å². The molecule has 0 spiro atoms. The number of amides is 3. The third-order valence-electron chi connectivity index (χ3n) is 4.23. The first-order valence-electron chi connectivity index (χ1n) is 10.3. The zero-order valence-electron chi connectivity index (χ0n) is 18.4. The molecular formula is C22H27N3O7S. The highest BCUT2D eigenvalue weighted by molar-refractivity contribution is 7.89. The van der Waals surface area contributed by atoms with Gasteiger partial charge in [0.1, 0.15) is 5.75 Å². The normalized spacial score (nSPS) is 11.8. The molecule has 1 unspecified atom stereocenters. The molecule has 0 saturated heterocycles. The molecule has 0 heterocycles. The van der Waals surface area contributed by atoms with Crippen LogP contribution in [0.1, 0.15) is 31.9 Å². The zero-order chi connectivity index (χ0) is 24.3. The highest BCUT2D eigenvalue weighted by atomic mass is 32.2. The number of carbonyl (C=O) groups excluding carboxylic acids is 3. The molecule has 0 aliphatic heterocycles. The van der Waals surface area contributed by atoms with Crippen LogP contribution in [-0.2, 0) is 24.3 Å². The van der Waals surface area contributed by atoms with E-state index in [0.29, 0.717) is 24.5 Å². The molecule has 2 rings (SSSR count). The predicted octanol–water partition coefficient (Wildman–Crippen LogP) is 1.88. The first-order chi connectivity index (χ1) is 15.8. The molecule has 2 aromatic rings. The summed E-state index contributed by atoms with van der Waals surface area (Å²) in [5.74, 6) is -1.10. The van der Waals surface area contributed by atoms with Gasteiger partial charge in [0.05, 0.1) is 17.9 Å². The molecule has 2 aromatic carbocycles. The Bertz CT molecular complexity index is 1040. The van der Waals surface area contributed by atoms with E-state index in [0.717, 1.165) is 0 Å². The van der Waals surface area contributed by atoms with Gasteiger partial charge in [-0.3, -0.25) is 14.9 Å². The molecule has 3 N–H and O–H groups in total. The predicted molar refractivity (Wildman–Crippen MR) is 120 cm³/mol. The molecule has 33 heavy (non-hydrogen) atoms. The van der Waals surface area contributed by atoms with Gasteiger partial charge in [-0.05, 0) is 38.1 Å². The summed E-state index contributed by atoms with van der Waals surface area (Å²) in [5.41, 5.74) is 0.364. The van der Waals surface area contributed by atoms with Gasteiger partial charge in [0.2, 0.25) is 16.1 Å². The van der Waals surface area contributed by atoms with Gasteiger partial charge >= 0.3 is 12.0 Å². The fourth-order valence-corrected chi connectivity index (χ4v) is 3.76. The van der Waals surface area contributed by atoms with Crippen LogP contribution in [0.5, 0.6) is 5.75 Å². The van der Waals surface area contributed by atoms with Gasteiger partial charge in [0.15, 0.2) is 0 Å². The minimum atomic E-state index is -3.85. The molecule has 0 aliphatic rings. The van der Waals surface area contributed by atoms with E-state index in [9.17, 15) is 22.8 Å². The fraction of sp³-hybridized carbons (Fsp3) is 0.318. The van der Waals surface area contributed by atoms with Gasteiger partial charge in [-0.2, -0.15) is 0 Å². The number of sulfonamides is 1. The minimum absolute atomic E-state index is 0.0165. The lowest BCUT2D eigenvalue weighted by atomic mass is 10.1. The van der Waals surface area contributed by atoms with Gasteiger partial charge in [-0.15, -0.1) is 0 Å². The van der Waals surface area contributed by atoms with Crippen molar-refractivity contribution in [3.05, 3.63) is 60.2 Å². The number of urea groups is 1. The Hall–Kier alpha value is -3.44. The van der Waals surface area contributed by atoms with Crippen LogP contribution in [0, 0.1) is 0 Å². The summed E-state index contributed by atoms with van der Waals surface area (Å²) in [6.45, 7) is 4.03. The highest BCUT2D eigenvalue weighted by Crippen LogP contribution is 2.19. The fourth-order valence-electron chi connectivity index (χ4n) is 2.73. The van der Waals surface area contributed by atoms with E-state index in [1.807, 2.05) is 6.92 Å². The van der Waals surface area contributed by atoms with E-state index >= 15 is 0 Å². The number of hydrogen-bond donors (Lipinski definition) is 3. The van der Waals surface area contributed by atoms with Crippen molar-refractivity contribution < 1.29 is 32.3 Å². The first-order valence-corrected chi connectivity index (χ1v) is 11.8. The van der Waals surface area contributed by atoms with Crippen LogP contribution in [-0.4, -0.2) is 46.0 Å². The van der Waals surface area contributed by atoms with Gasteiger partial charge in [-0.25, -0.2) is 17.9 Å². The molecule has 11 heteroatoms. The Balaban J connectivity index is 1.97. The van der Waals surface area contributed by atoms with Gasteiger partial charge in [0, 0.05) is 18.7 Å². The quantitative estimate of drug-likeness (QED) is 0.420. The molecular weight excluding hydrogens is 450 g/mol. The van der Waals surface area contributed by atoms with Crippen LogP contribution in [0.3, 0.4) is 0 Å². The van der Waals surface area contributed by atoms with Crippen LogP contribution in [0.25, 0.3) is 0 Å². The van der Waals surface area contributed by atoms with Crippen molar-refractivity contribution >= 4 is 27.9 Å². The SMILES string of the molecule is CCNC(=O)NC(=O)C(OC(=O)CCNS(=O)(=O)c1ccc(OCC)cc1)c1ccccc1. The number of nitrogens with one attached hydrogen (secondary N) is 3. The molecule has 0 aliphatic carbocycles. The summed E-state index contributed by atoms with van der Waals surface area (Å²) < 4.78 is 37.7.